The molecule has 0 bridgehead atoms. The fourth-order valence-electron chi connectivity index (χ4n) is 3.61. The highest BCUT2D eigenvalue weighted by molar-refractivity contribution is 6.30. The van der Waals surface area contributed by atoms with Gasteiger partial charge in [-0.15, -0.1) is 0 Å². The molecule has 0 saturated heterocycles. The third-order valence-electron chi connectivity index (χ3n) is 5.09. The molecule has 2 aromatic rings. The molecule has 2 aliphatic heterocycles. The van der Waals surface area contributed by atoms with Crippen LogP contribution in [0.2, 0.25) is 5.02 Å². The van der Waals surface area contributed by atoms with E-state index in [2.05, 4.69) is 0 Å². The Hall–Kier alpha value is -2.57. The molecule has 4 rings (SSSR count). The van der Waals surface area contributed by atoms with Gasteiger partial charge in [-0.1, -0.05) is 35.9 Å². The van der Waals surface area contributed by atoms with Crippen LogP contribution in [0.1, 0.15) is 37.0 Å². The molecule has 0 saturated carbocycles. The van der Waals surface area contributed by atoms with E-state index >= 15 is 0 Å². The largest absolute Gasteiger partial charge is 0.485 e. The summed E-state index contributed by atoms with van der Waals surface area (Å²) in [6.07, 6.45) is 2.06. The minimum absolute atomic E-state index is 0.201. The van der Waals surface area contributed by atoms with E-state index in [9.17, 15) is 9.18 Å². The number of ether oxygens (including phenoxy) is 4. The van der Waals surface area contributed by atoms with Gasteiger partial charge in [-0.25, -0.2) is 4.39 Å². The van der Waals surface area contributed by atoms with Gasteiger partial charge in [0.2, 0.25) is 0 Å². The van der Waals surface area contributed by atoms with Crippen molar-refractivity contribution in [2.45, 2.75) is 32.0 Å². The van der Waals surface area contributed by atoms with E-state index in [0.29, 0.717) is 41.7 Å². The number of para-hydroxylation sites is 1. The SMILES string of the molecule is CCOC(=O)CC1CC=C(c2cccc3c2OC(c2ccc(Cl)cc2F)CO3)CO1. The molecule has 2 aromatic carbocycles. The second-order valence-electron chi connectivity index (χ2n) is 7.12. The summed E-state index contributed by atoms with van der Waals surface area (Å²) < 4.78 is 37.2. The van der Waals surface area contributed by atoms with Gasteiger partial charge in [0.05, 0.1) is 25.7 Å². The summed E-state index contributed by atoms with van der Waals surface area (Å²) in [6.45, 7) is 2.67. The van der Waals surface area contributed by atoms with Crippen molar-refractivity contribution in [1.82, 2.24) is 0 Å². The first kappa shape index (κ1) is 20.7. The maximum atomic E-state index is 14.4. The summed E-state index contributed by atoms with van der Waals surface area (Å²) in [7, 11) is 0. The normalized spacial score (nSPS) is 20.4. The van der Waals surface area contributed by atoms with E-state index in [0.717, 1.165) is 11.1 Å². The van der Waals surface area contributed by atoms with Crippen molar-refractivity contribution in [2.75, 3.05) is 19.8 Å². The lowest BCUT2D eigenvalue weighted by atomic mass is 9.99. The molecule has 0 radical (unpaired) electrons. The standard InChI is InChI=1S/C23H22ClFO5/c1-2-27-22(26)11-16-8-6-14(12-28-16)17-4-3-5-20-23(17)30-21(13-29-20)18-9-7-15(24)10-19(18)25/h3-7,9-10,16,21H,2,8,11-13H2,1H3. The molecule has 0 spiro atoms. The van der Waals surface area contributed by atoms with Gasteiger partial charge in [0.25, 0.3) is 0 Å². The predicted molar refractivity (Wildman–Crippen MR) is 110 cm³/mol. The maximum absolute atomic E-state index is 14.4. The smallest absolute Gasteiger partial charge is 0.308 e. The van der Waals surface area contributed by atoms with Crippen LogP contribution in [0, 0.1) is 5.82 Å². The fourth-order valence-corrected chi connectivity index (χ4v) is 3.76. The van der Waals surface area contributed by atoms with Crippen LogP contribution < -0.4 is 9.47 Å². The second-order valence-corrected chi connectivity index (χ2v) is 7.56. The Morgan fingerprint density at radius 1 is 1.30 bits per heavy atom. The summed E-state index contributed by atoms with van der Waals surface area (Å²) in [6, 6.07) is 10.1. The molecule has 7 heteroatoms. The summed E-state index contributed by atoms with van der Waals surface area (Å²) >= 11 is 5.86. The summed E-state index contributed by atoms with van der Waals surface area (Å²) in [5.74, 6) is 0.467. The molecule has 158 valence electrons. The number of hydrogen-bond acceptors (Lipinski definition) is 5. The van der Waals surface area contributed by atoms with Gasteiger partial charge < -0.3 is 18.9 Å². The van der Waals surface area contributed by atoms with Gasteiger partial charge in [-0.3, -0.25) is 4.79 Å². The average Bonchev–Trinajstić information content (AvgIpc) is 2.74. The lowest BCUT2D eigenvalue weighted by Gasteiger charge is -2.30. The van der Waals surface area contributed by atoms with E-state index < -0.39 is 11.9 Å². The highest BCUT2D eigenvalue weighted by Gasteiger charge is 2.29. The zero-order chi connectivity index (χ0) is 21.1. The van der Waals surface area contributed by atoms with Gasteiger partial charge >= 0.3 is 5.97 Å². The van der Waals surface area contributed by atoms with E-state index in [1.165, 1.54) is 6.07 Å². The van der Waals surface area contributed by atoms with E-state index in [1.54, 1.807) is 19.1 Å². The van der Waals surface area contributed by atoms with E-state index in [4.69, 9.17) is 30.5 Å². The molecule has 0 amide bonds. The van der Waals surface area contributed by atoms with Crippen LogP contribution in [-0.2, 0) is 14.3 Å². The molecular formula is C23H22ClFO5. The van der Waals surface area contributed by atoms with Gasteiger partial charge in [0.15, 0.2) is 17.6 Å². The highest BCUT2D eigenvalue weighted by atomic mass is 35.5. The number of halogens is 2. The van der Waals surface area contributed by atoms with Crippen LogP contribution in [-0.4, -0.2) is 31.9 Å². The second kappa shape index (κ2) is 9.06. The van der Waals surface area contributed by atoms with Crippen molar-refractivity contribution in [3.8, 4) is 11.5 Å². The van der Waals surface area contributed by atoms with Crippen LogP contribution in [0.5, 0.6) is 11.5 Å². The van der Waals surface area contributed by atoms with Gasteiger partial charge in [-0.2, -0.15) is 0 Å². The number of hydrogen-bond donors (Lipinski definition) is 0. The quantitative estimate of drug-likeness (QED) is 0.614. The molecule has 2 heterocycles. The molecule has 2 atom stereocenters. The first-order chi connectivity index (χ1) is 14.5. The van der Waals surface area contributed by atoms with Crippen LogP contribution >= 0.6 is 11.6 Å². The summed E-state index contributed by atoms with van der Waals surface area (Å²) in [4.78, 5) is 11.7. The minimum Gasteiger partial charge on any atom is -0.485 e. The van der Waals surface area contributed by atoms with Crippen molar-refractivity contribution in [3.63, 3.8) is 0 Å². The Balaban J connectivity index is 1.53. The molecule has 0 fully saturated rings. The monoisotopic (exact) mass is 432 g/mol. The Morgan fingerprint density at radius 2 is 2.17 bits per heavy atom. The number of carbonyl (C=O) groups excluding carboxylic acids is 1. The Morgan fingerprint density at radius 3 is 2.90 bits per heavy atom. The van der Waals surface area contributed by atoms with Crippen LogP contribution in [0.15, 0.2) is 42.5 Å². The lowest BCUT2D eigenvalue weighted by Crippen LogP contribution is -2.25. The molecule has 2 unspecified atom stereocenters. The molecule has 2 aliphatic rings. The van der Waals surface area contributed by atoms with Gasteiger partial charge in [0, 0.05) is 16.1 Å². The first-order valence-electron chi connectivity index (χ1n) is 9.89. The molecule has 0 aliphatic carbocycles. The molecular weight excluding hydrogens is 411 g/mol. The topological polar surface area (TPSA) is 54.0 Å². The highest BCUT2D eigenvalue weighted by Crippen LogP contribution is 2.43. The van der Waals surface area contributed by atoms with Crippen molar-refractivity contribution >= 4 is 23.1 Å². The predicted octanol–water partition coefficient (Wildman–Crippen LogP) is 5.12. The summed E-state index contributed by atoms with van der Waals surface area (Å²) in [5, 5.41) is 0.330. The number of fused-ring (bicyclic) bond motifs is 1. The number of esters is 1. The maximum Gasteiger partial charge on any atom is 0.308 e. The number of benzene rings is 2. The Kier molecular flexibility index (Phi) is 6.25. The Labute approximate surface area is 179 Å². The third-order valence-corrected chi connectivity index (χ3v) is 5.32. The summed E-state index contributed by atoms with van der Waals surface area (Å²) in [5.41, 5.74) is 2.16. The zero-order valence-electron chi connectivity index (χ0n) is 16.5. The van der Waals surface area contributed by atoms with Gasteiger partial charge in [-0.05, 0) is 37.1 Å². The Bertz CT molecular complexity index is 974. The third kappa shape index (κ3) is 4.45. The molecule has 0 N–H and O–H groups in total. The van der Waals surface area contributed by atoms with Crippen molar-refractivity contribution in [2.24, 2.45) is 0 Å². The van der Waals surface area contributed by atoms with Crippen molar-refractivity contribution < 1.29 is 28.1 Å². The first-order valence-corrected chi connectivity index (χ1v) is 10.3. The van der Waals surface area contributed by atoms with Crippen molar-refractivity contribution in [3.05, 3.63) is 64.4 Å². The zero-order valence-corrected chi connectivity index (χ0v) is 17.3. The fraction of sp³-hybridized carbons (Fsp3) is 0.348. The molecule has 30 heavy (non-hydrogen) atoms. The minimum atomic E-state index is -0.586. The number of carbonyl (C=O) groups is 1. The number of rotatable bonds is 5. The van der Waals surface area contributed by atoms with Crippen LogP contribution in [0.25, 0.3) is 5.57 Å². The van der Waals surface area contributed by atoms with Crippen LogP contribution in [0.4, 0.5) is 4.39 Å². The lowest BCUT2D eigenvalue weighted by molar-refractivity contribution is -0.146. The van der Waals surface area contributed by atoms with E-state index in [-0.39, 0.29) is 25.1 Å². The molecule has 5 nitrogen and oxygen atoms in total. The molecule has 0 aromatic heterocycles. The average molecular weight is 433 g/mol. The van der Waals surface area contributed by atoms with Gasteiger partial charge in [0.1, 0.15) is 12.4 Å². The van der Waals surface area contributed by atoms with E-state index in [1.807, 2.05) is 24.3 Å². The van der Waals surface area contributed by atoms with Crippen molar-refractivity contribution in [1.29, 1.82) is 0 Å². The van der Waals surface area contributed by atoms with Crippen LogP contribution in [0.3, 0.4) is 0 Å².